The quantitative estimate of drug-likeness (QED) is 0.855. The van der Waals surface area contributed by atoms with Gasteiger partial charge in [0.2, 0.25) is 0 Å². The maximum absolute atomic E-state index is 5.18. The van der Waals surface area contributed by atoms with Crippen molar-refractivity contribution in [1.29, 1.82) is 0 Å². The standard InChI is InChI=1S/C16H25NO/c1-11(2)14-9-15(10-14)17-12(3)13-5-7-16(18-4)8-6-13/h5-8,11-12,14-15,17H,9-10H2,1-4H3/t12-,14?,15?/m1/s1. The van der Waals surface area contributed by atoms with E-state index in [1.807, 2.05) is 12.1 Å². The van der Waals surface area contributed by atoms with E-state index in [1.165, 1.54) is 18.4 Å². The number of hydrogen-bond acceptors (Lipinski definition) is 2. The summed E-state index contributed by atoms with van der Waals surface area (Å²) in [5, 5.41) is 3.71. The van der Waals surface area contributed by atoms with E-state index in [9.17, 15) is 0 Å². The molecule has 1 aromatic carbocycles. The average molecular weight is 247 g/mol. The van der Waals surface area contributed by atoms with Crippen LogP contribution in [0, 0.1) is 11.8 Å². The van der Waals surface area contributed by atoms with Crippen LogP contribution in [0.1, 0.15) is 45.2 Å². The first-order valence-electron chi connectivity index (χ1n) is 7.00. The Labute approximate surface area is 111 Å². The largest absolute Gasteiger partial charge is 0.497 e. The molecule has 1 fully saturated rings. The number of benzene rings is 1. The van der Waals surface area contributed by atoms with E-state index < -0.39 is 0 Å². The van der Waals surface area contributed by atoms with Gasteiger partial charge in [0, 0.05) is 12.1 Å². The van der Waals surface area contributed by atoms with Crippen molar-refractivity contribution in [1.82, 2.24) is 5.32 Å². The van der Waals surface area contributed by atoms with Crippen molar-refractivity contribution < 1.29 is 4.74 Å². The second kappa shape index (κ2) is 5.75. The number of rotatable bonds is 5. The van der Waals surface area contributed by atoms with Gasteiger partial charge in [-0.2, -0.15) is 0 Å². The van der Waals surface area contributed by atoms with Crippen LogP contribution in [0.25, 0.3) is 0 Å². The van der Waals surface area contributed by atoms with Gasteiger partial charge in [-0.15, -0.1) is 0 Å². The molecule has 1 aliphatic carbocycles. The molecule has 18 heavy (non-hydrogen) atoms. The number of hydrogen-bond donors (Lipinski definition) is 1. The molecule has 0 spiro atoms. The van der Waals surface area contributed by atoms with Crippen molar-refractivity contribution in [2.24, 2.45) is 11.8 Å². The second-order valence-electron chi connectivity index (χ2n) is 5.83. The summed E-state index contributed by atoms with van der Waals surface area (Å²) in [5.74, 6) is 2.68. The van der Waals surface area contributed by atoms with E-state index >= 15 is 0 Å². The van der Waals surface area contributed by atoms with Crippen LogP contribution >= 0.6 is 0 Å². The van der Waals surface area contributed by atoms with Crippen molar-refractivity contribution in [3.63, 3.8) is 0 Å². The topological polar surface area (TPSA) is 21.3 Å². The van der Waals surface area contributed by atoms with Crippen LogP contribution < -0.4 is 10.1 Å². The van der Waals surface area contributed by atoms with Gasteiger partial charge >= 0.3 is 0 Å². The van der Waals surface area contributed by atoms with Crippen LogP contribution in [0.2, 0.25) is 0 Å². The molecule has 0 aliphatic heterocycles. The lowest BCUT2D eigenvalue weighted by molar-refractivity contribution is 0.159. The molecule has 1 aromatic rings. The summed E-state index contributed by atoms with van der Waals surface area (Å²) in [5.41, 5.74) is 1.34. The highest BCUT2D eigenvalue weighted by molar-refractivity contribution is 5.28. The predicted octanol–water partition coefficient (Wildman–Crippen LogP) is 3.78. The SMILES string of the molecule is COc1ccc([C@@H](C)NC2CC(C(C)C)C2)cc1. The fourth-order valence-electron chi connectivity index (χ4n) is 2.68. The smallest absolute Gasteiger partial charge is 0.118 e. The Morgan fingerprint density at radius 3 is 2.22 bits per heavy atom. The molecule has 1 N–H and O–H groups in total. The Hall–Kier alpha value is -1.02. The highest BCUT2D eigenvalue weighted by Gasteiger charge is 2.31. The molecule has 0 bridgehead atoms. The van der Waals surface area contributed by atoms with Gasteiger partial charge in [-0.25, -0.2) is 0 Å². The zero-order valence-electron chi connectivity index (χ0n) is 11.9. The van der Waals surface area contributed by atoms with Crippen molar-refractivity contribution >= 4 is 0 Å². The molecule has 0 heterocycles. The molecule has 0 aromatic heterocycles. The number of ether oxygens (including phenoxy) is 1. The van der Waals surface area contributed by atoms with Crippen LogP contribution in [0.5, 0.6) is 5.75 Å². The Morgan fingerprint density at radius 2 is 1.72 bits per heavy atom. The lowest BCUT2D eigenvalue weighted by Gasteiger charge is -2.40. The number of nitrogens with one attached hydrogen (secondary N) is 1. The first-order chi connectivity index (χ1) is 8.60. The molecule has 2 heteroatoms. The van der Waals surface area contributed by atoms with E-state index in [1.54, 1.807) is 7.11 Å². The predicted molar refractivity (Wildman–Crippen MR) is 75.9 cm³/mol. The van der Waals surface area contributed by atoms with Gasteiger partial charge in [0.05, 0.1) is 7.11 Å². The average Bonchev–Trinajstić information content (AvgIpc) is 2.32. The van der Waals surface area contributed by atoms with Crippen molar-refractivity contribution in [2.45, 2.75) is 45.7 Å². The Balaban J connectivity index is 1.83. The minimum Gasteiger partial charge on any atom is -0.497 e. The van der Waals surface area contributed by atoms with Crippen molar-refractivity contribution in [2.75, 3.05) is 7.11 Å². The first kappa shape index (κ1) is 13.4. The van der Waals surface area contributed by atoms with Gasteiger partial charge in [-0.1, -0.05) is 26.0 Å². The monoisotopic (exact) mass is 247 g/mol. The molecule has 1 saturated carbocycles. The lowest BCUT2D eigenvalue weighted by Crippen LogP contribution is -2.43. The molecule has 0 amide bonds. The van der Waals surface area contributed by atoms with Gasteiger partial charge in [0.25, 0.3) is 0 Å². The maximum Gasteiger partial charge on any atom is 0.118 e. The Kier molecular flexibility index (Phi) is 4.28. The van der Waals surface area contributed by atoms with Gasteiger partial charge in [0.1, 0.15) is 5.75 Å². The maximum atomic E-state index is 5.18. The van der Waals surface area contributed by atoms with E-state index in [-0.39, 0.29) is 0 Å². The van der Waals surface area contributed by atoms with Gasteiger partial charge in [-0.3, -0.25) is 0 Å². The fraction of sp³-hybridized carbons (Fsp3) is 0.625. The van der Waals surface area contributed by atoms with Crippen LogP contribution in [-0.2, 0) is 0 Å². The van der Waals surface area contributed by atoms with E-state index in [4.69, 9.17) is 4.74 Å². The molecular formula is C16H25NO. The Bertz CT molecular complexity index is 365. The zero-order valence-corrected chi connectivity index (χ0v) is 11.9. The third kappa shape index (κ3) is 3.05. The van der Waals surface area contributed by atoms with Crippen LogP contribution in [-0.4, -0.2) is 13.2 Å². The number of methoxy groups -OCH3 is 1. The van der Waals surface area contributed by atoms with Crippen LogP contribution in [0.3, 0.4) is 0 Å². The molecule has 1 atom stereocenters. The van der Waals surface area contributed by atoms with Gasteiger partial charge < -0.3 is 10.1 Å². The summed E-state index contributed by atoms with van der Waals surface area (Å²) >= 11 is 0. The molecule has 2 rings (SSSR count). The highest BCUT2D eigenvalue weighted by Crippen LogP contribution is 2.34. The molecule has 1 aliphatic rings. The molecule has 0 unspecified atom stereocenters. The van der Waals surface area contributed by atoms with E-state index in [2.05, 4.69) is 38.2 Å². The molecule has 2 nitrogen and oxygen atoms in total. The Morgan fingerprint density at radius 1 is 1.11 bits per heavy atom. The van der Waals surface area contributed by atoms with E-state index in [0.717, 1.165) is 17.6 Å². The third-order valence-electron chi connectivity index (χ3n) is 4.22. The zero-order chi connectivity index (χ0) is 13.1. The minimum absolute atomic E-state index is 0.425. The van der Waals surface area contributed by atoms with Gasteiger partial charge in [0.15, 0.2) is 0 Å². The lowest BCUT2D eigenvalue weighted by atomic mass is 9.73. The first-order valence-corrected chi connectivity index (χ1v) is 7.00. The van der Waals surface area contributed by atoms with Crippen molar-refractivity contribution in [3.05, 3.63) is 29.8 Å². The molecular weight excluding hydrogens is 222 g/mol. The summed E-state index contributed by atoms with van der Waals surface area (Å²) in [6, 6.07) is 9.49. The molecule has 0 radical (unpaired) electrons. The normalized spacial score (nSPS) is 24.7. The van der Waals surface area contributed by atoms with E-state index in [0.29, 0.717) is 12.1 Å². The van der Waals surface area contributed by atoms with Gasteiger partial charge in [-0.05, 0) is 49.3 Å². The van der Waals surface area contributed by atoms with Crippen LogP contribution in [0.15, 0.2) is 24.3 Å². The summed E-state index contributed by atoms with van der Waals surface area (Å²) in [6.45, 7) is 6.89. The molecule has 0 saturated heterocycles. The third-order valence-corrected chi connectivity index (χ3v) is 4.22. The molecule has 100 valence electrons. The summed E-state index contributed by atoms with van der Waals surface area (Å²) in [7, 11) is 1.71. The highest BCUT2D eigenvalue weighted by atomic mass is 16.5. The van der Waals surface area contributed by atoms with Crippen molar-refractivity contribution in [3.8, 4) is 5.75 Å². The summed E-state index contributed by atoms with van der Waals surface area (Å²) in [4.78, 5) is 0. The van der Waals surface area contributed by atoms with Crippen LogP contribution in [0.4, 0.5) is 0 Å². The summed E-state index contributed by atoms with van der Waals surface area (Å²) in [6.07, 6.45) is 2.66. The fourth-order valence-corrected chi connectivity index (χ4v) is 2.68. The second-order valence-corrected chi connectivity index (χ2v) is 5.83. The summed E-state index contributed by atoms with van der Waals surface area (Å²) < 4.78 is 5.18. The minimum atomic E-state index is 0.425.